The Balaban J connectivity index is 0.00000104. The van der Waals surface area contributed by atoms with Crippen LogP contribution < -0.4 is 0 Å². The van der Waals surface area contributed by atoms with Gasteiger partial charge in [-0.1, -0.05) is 26.0 Å². The summed E-state index contributed by atoms with van der Waals surface area (Å²) in [6.45, 7) is 6.76. The highest BCUT2D eigenvalue weighted by Crippen LogP contribution is 2.68. The van der Waals surface area contributed by atoms with Gasteiger partial charge in [-0.2, -0.15) is 0 Å². The number of allylic oxidation sites excluding steroid dienone is 2. The van der Waals surface area contributed by atoms with Gasteiger partial charge in [0.1, 0.15) is 5.67 Å². The van der Waals surface area contributed by atoms with Crippen molar-refractivity contribution in [1.82, 2.24) is 0 Å². The number of hydrogen-bond acceptors (Lipinski definition) is 0. The van der Waals surface area contributed by atoms with Crippen molar-refractivity contribution < 1.29 is 14.6 Å². The molecule has 0 aromatic heterocycles. The third-order valence-corrected chi connectivity index (χ3v) is 8.90. The molecule has 0 saturated heterocycles. The zero-order valence-corrected chi connectivity index (χ0v) is 15.6. The van der Waals surface area contributed by atoms with Crippen molar-refractivity contribution >= 4 is 0 Å². The summed E-state index contributed by atoms with van der Waals surface area (Å²) < 4.78 is 15.2. The van der Waals surface area contributed by atoms with E-state index in [1.807, 2.05) is 6.92 Å². The predicted octanol–water partition coefficient (Wildman–Crippen LogP) is 5.64. The summed E-state index contributed by atoms with van der Waals surface area (Å²) in [6.07, 6.45) is 16.1. The Morgan fingerprint density at radius 2 is 1.62 bits per heavy atom. The van der Waals surface area contributed by atoms with Gasteiger partial charge in [0, 0.05) is 5.41 Å². The van der Waals surface area contributed by atoms with E-state index in [4.69, 9.17) is 0 Å². The topological polar surface area (TPSA) is 31.5 Å². The van der Waals surface area contributed by atoms with Gasteiger partial charge in [-0.25, -0.2) is 4.39 Å². The molecule has 3 heteroatoms. The molecule has 0 heterocycles. The minimum Gasteiger partial charge on any atom is -0.412 e. The predicted molar refractivity (Wildman–Crippen MR) is 96.5 cm³/mol. The zero-order valence-electron chi connectivity index (χ0n) is 15.6. The van der Waals surface area contributed by atoms with Gasteiger partial charge in [0.05, 0.1) is 0 Å². The van der Waals surface area contributed by atoms with E-state index in [9.17, 15) is 0 Å². The number of halogens is 2. The Hall–Kier alpha value is -0.440. The quantitative estimate of drug-likeness (QED) is 0.510. The highest BCUT2D eigenvalue weighted by Gasteiger charge is 2.63. The van der Waals surface area contributed by atoms with Crippen LogP contribution in [-0.2, 0) is 0 Å². The van der Waals surface area contributed by atoms with Crippen molar-refractivity contribution in [2.45, 2.75) is 84.2 Å². The summed E-state index contributed by atoms with van der Waals surface area (Å²) >= 11 is 0. The lowest BCUT2D eigenvalue weighted by atomic mass is 9.46. The van der Waals surface area contributed by atoms with Gasteiger partial charge in [0.2, 0.25) is 0 Å². The Bertz CT molecular complexity index is 488. The molecule has 0 amide bonds. The first kappa shape index (κ1) is 19.9. The standard InChI is InChI=1S/C21H33F.FH.H2O/c1-19-12-6-4-5-7-15(19)8-9-16-17(19)10-13-20(2)18(16)11-14-21(20,3)22;;/h5,7,15-18H,4,6,8-14H2,1-3H3;1H;1H2/t15?,16?,17?,18?,19-,20?,21?;;/m0../s1. The maximum Gasteiger partial charge on any atom is 0.113 e. The second-order valence-electron chi connectivity index (χ2n) is 9.58. The fraction of sp³-hybridized carbons (Fsp3) is 0.905. The normalized spacial score (nSPS) is 52.8. The van der Waals surface area contributed by atoms with Crippen LogP contribution in [0.1, 0.15) is 78.6 Å². The Labute approximate surface area is 146 Å². The van der Waals surface area contributed by atoms with Gasteiger partial charge in [-0.15, -0.1) is 0 Å². The van der Waals surface area contributed by atoms with Crippen molar-refractivity contribution in [2.75, 3.05) is 0 Å². The van der Waals surface area contributed by atoms with Crippen LogP contribution in [-0.4, -0.2) is 11.1 Å². The average Bonchev–Trinajstić information content (AvgIpc) is 2.62. The third kappa shape index (κ3) is 2.48. The average molecular weight is 343 g/mol. The molecule has 0 aliphatic heterocycles. The van der Waals surface area contributed by atoms with E-state index < -0.39 is 5.67 Å². The highest BCUT2D eigenvalue weighted by molar-refractivity contribution is 5.14. The van der Waals surface area contributed by atoms with Crippen molar-refractivity contribution in [3.63, 3.8) is 0 Å². The number of fused-ring (bicyclic) bond motifs is 5. The minimum atomic E-state index is -0.927. The molecular weight excluding hydrogens is 306 g/mol. The van der Waals surface area contributed by atoms with E-state index in [0.29, 0.717) is 11.3 Å². The smallest absolute Gasteiger partial charge is 0.113 e. The van der Waals surface area contributed by atoms with Gasteiger partial charge in [0.25, 0.3) is 0 Å². The first-order chi connectivity index (χ1) is 10.4. The van der Waals surface area contributed by atoms with E-state index in [2.05, 4.69) is 26.0 Å². The Kier molecular flexibility index (Phi) is 5.28. The van der Waals surface area contributed by atoms with Gasteiger partial charge in [0.15, 0.2) is 0 Å². The molecule has 3 fully saturated rings. The third-order valence-electron chi connectivity index (χ3n) is 8.90. The number of hydrogen-bond donors (Lipinski definition) is 0. The summed E-state index contributed by atoms with van der Waals surface area (Å²) in [6, 6.07) is 0. The maximum atomic E-state index is 15.2. The lowest BCUT2D eigenvalue weighted by Gasteiger charge is -2.59. The first-order valence-corrected chi connectivity index (χ1v) is 9.74. The minimum absolute atomic E-state index is 0. The largest absolute Gasteiger partial charge is 0.412 e. The van der Waals surface area contributed by atoms with Crippen LogP contribution in [0, 0.1) is 34.5 Å². The summed E-state index contributed by atoms with van der Waals surface area (Å²) in [5, 5.41) is 0. The molecule has 7 atom stereocenters. The van der Waals surface area contributed by atoms with Crippen LogP contribution in [0.15, 0.2) is 12.2 Å². The van der Waals surface area contributed by atoms with Crippen LogP contribution >= 0.6 is 0 Å². The SMILES string of the molecule is CC1(F)CCC2C3CCC4C=CCCC[C@]4(C)C3CCC21C.F.O. The monoisotopic (exact) mass is 342 g/mol. The van der Waals surface area contributed by atoms with Gasteiger partial charge in [-0.3, -0.25) is 4.70 Å². The van der Waals surface area contributed by atoms with Crippen molar-refractivity contribution in [1.29, 1.82) is 0 Å². The molecule has 3 saturated carbocycles. The molecule has 6 unspecified atom stereocenters. The summed E-state index contributed by atoms with van der Waals surface area (Å²) in [5.41, 5.74) is -0.478. The molecule has 0 bridgehead atoms. The summed E-state index contributed by atoms with van der Waals surface area (Å²) in [7, 11) is 0. The molecule has 24 heavy (non-hydrogen) atoms. The molecule has 4 rings (SSSR count). The fourth-order valence-electron chi connectivity index (χ4n) is 7.25. The molecular formula is C21H36F2O. The molecule has 1 nitrogen and oxygen atoms in total. The zero-order chi connectivity index (χ0) is 15.6. The second kappa shape index (κ2) is 6.37. The first-order valence-electron chi connectivity index (χ1n) is 9.74. The second-order valence-corrected chi connectivity index (χ2v) is 9.58. The molecule has 2 N–H and O–H groups in total. The lowest BCUT2D eigenvalue weighted by Crippen LogP contribution is -2.53. The van der Waals surface area contributed by atoms with Crippen molar-refractivity contribution in [2.24, 2.45) is 34.5 Å². The van der Waals surface area contributed by atoms with E-state index in [1.54, 1.807) is 0 Å². The molecule has 4 aliphatic carbocycles. The van der Waals surface area contributed by atoms with E-state index in [0.717, 1.165) is 37.0 Å². The molecule has 0 spiro atoms. The highest BCUT2D eigenvalue weighted by atomic mass is 19.1. The van der Waals surface area contributed by atoms with Crippen molar-refractivity contribution in [3.05, 3.63) is 12.2 Å². The Morgan fingerprint density at radius 1 is 0.917 bits per heavy atom. The maximum absolute atomic E-state index is 15.2. The van der Waals surface area contributed by atoms with Crippen LogP contribution in [0.2, 0.25) is 0 Å². The summed E-state index contributed by atoms with van der Waals surface area (Å²) in [5.74, 6) is 3.08. The van der Waals surface area contributed by atoms with Crippen LogP contribution in [0.3, 0.4) is 0 Å². The van der Waals surface area contributed by atoms with Gasteiger partial charge < -0.3 is 5.48 Å². The van der Waals surface area contributed by atoms with Crippen LogP contribution in [0.5, 0.6) is 0 Å². The van der Waals surface area contributed by atoms with Gasteiger partial charge >= 0.3 is 0 Å². The molecule has 4 aliphatic rings. The van der Waals surface area contributed by atoms with E-state index in [-0.39, 0.29) is 15.6 Å². The molecule has 0 radical (unpaired) electrons. The lowest BCUT2D eigenvalue weighted by molar-refractivity contribution is -0.110. The van der Waals surface area contributed by atoms with E-state index in [1.165, 1.54) is 38.5 Å². The molecule has 0 aromatic carbocycles. The fourth-order valence-corrected chi connectivity index (χ4v) is 7.25. The van der Waals surface area contributed by atoms with Crippen LogP contribution in [0.4, 0.5) is 9.09 Å². The van der Waals surface area contributed by atoms with Crippen LogP contribution in [0.25, 0.3) is 0 Å². The molecule has 0 aromatic rings. The molecule has 140 valence electrons. The number of alkyl halides is 1. The Morgan fingerprint density at radius 3 is 2.38 bits per heavy atom. The van der Waals surface area contributed by atoms with Gasteiger partial charge in [-0.05, 0) is 93.8 Å². The van der Waals surface area contributed by atoms with Crippen molar-refractivity contribution in [3.8, 4) is 0 Å². The summed E-state index contributed by atoms with van der Waals surface area (Å²) in [4.78, 5) is 0. The number of rotatable bonds is 0. The van der Waals surface area contributed by atoms with E-state index >= 15 is 4.39 Å².